The third-order valence-corrected chi connectivity index (χ3v) is 5.30. The fourth-order valence-electron chi connectivity index (χ4n) is 2.64. The predicted molar refractivity (Wildman–Crippen MR) is 102 cm³/mol. The Morgan fingerprint density at radius 1 is 1.19 bits per heavy atom. The first-order valence-corrected chi connectivity index (χ1v) is 9.44. The molecule has 0 radical (unpaired) electrons. The number of primary amides is 1. The summed E-state index contributed by atoms with van der Waals surface area (Å²) < 4.78 is 13.6. The fraction of sp³-hybridized carbons (Fsp3) is 0.167. The number of amides is 3. The number of nitrogens with zero attached hydrogens (tertiary/aromatic N) is 1. The van der Waals surface area contributed by atoms with E-state index in [1.54, 1.807) is 24.3 Å². The molecule has 0 aliphatic carbocycles. The van der Waals surface area contributed by atoms with Gasteiger partial charge in [0.1, 0.15) is 11.9 Å². The number of benzene rings is 2. The van der Waals surface area contributed by atoms with E-state index in [1.807, 2.05) is 0 Å². The van der Waals surface area contributed by atoms with Gasteiger partial charge in [0.15, 0.2) is 0 Å². The summed E-state index contributed by atoms with van der Waals surface area (Å²) in [6.07, 6.45) is 0. The van der Waals surface area contributed by atoms with Crippen LogP contribution in [0.15, 0.2) is 42.5 Å². The minimum Gasteiger partial charge on any atom is -0.366 e. The summed E-state index contributed by atoms with van der Waals surface area (Å²) in [6.45, 7) is 0. The molecule has 3 amide bonds. The van der Waals surface area contributed by atoms with Gasteiger partial charge in [-0.3, -0.25) is 14.4 Å². The van der Waals surface area contributed by atoms with E-state index in [4.69, 9.17) is 17.3 Å². The van der Waals surface area contributed by atoms with Crippen molar-refractivity contribution < 1.29 is 18.8 Å². The average Bonchev–Trinajstić information content (AvgIpc) is 3.13. The quantitative estimate of drug-likeness (QED) is 0.815. The van der Waals surface area contributed by atoms with Crippen molar-refractivity contribution in [3.05, 3.63) is 64.4 Å². The summed E-state index contributed by atoms with van der Waals surface area (Å²) in [5.41, 5.74) is 5.46. The predicted octanol–water partition coefficient (Wildman–Crippen LogP) is 2.73. The molecule has 6 nitrogen and oxygen atoms in total. The lowest BCUT2D eigenvalue weighted by Gasteiger charge is -2.23. The van der Waals surface area contributed by atoms with Crippen LogP contribution < -0.4 is 11.1 Å². The van der Waals surface area contributed by atoms with E-state index in [0.29, 0.717) is 22.2 Å². The van der Waals surface area contributed by atoms with Gasteiger partial charge in [-0.15, -0.1) is 11.8 Å². The molecule has 0 saturated carbocycles. The highest BCUT2D eigenvalue weighted by Gasteiger charge is 2.35. The van der Waals surface area contributed by atoms with E-state index in [2.05, 4.69) is 5.32 Å². The van der Waals surface area contributed by atoms with Crippen LogP contribution in [0.2, 0.25) is 5.02 Å². The molecule has 1 unspecified atom stereocenters. The maximum Gasteiger partial charge on any atom is 0.255 e. The van der Waals surface area contributed by atoms with Gasteiger partial charge in [-0.25, -0.2) is 4.39 Å². The van der Waals surface area contributed by atoms with Gasteiger partial charge in [0.05, 0.1) is 11.4 Å². The lowest BCUT2D eigenvalue weighted by atomic mass is 10.1. The van der Waals surface area contributed by atoms with Crippen LogP contribution in [0, 0.1) is 5.82 Å². The number of halogens is 2. The second-order valence-corrected chi connectivity index (χ2v) is 7.28. The minimum absolute atomic E-state index is 0.228. The molecule has 3 rings (SSSR count). The van der Waals surface area contributed by atoms with Crippen molar-refractivity contribution >= 4 is 46.8 Å². The molecule has 0 spiro atoms. The number of anilines is 1. The van der Waals surface area contributed by atoms with Gasteiger partial charge >= 0.3 is 0 Å². The third kappa shape index (κ3) is 4.23. The Hall–Kier alpha value is -2.58. The van der Waals surface area contributed by atoms with E-state index in [9.17, 15) is 18.8 Å². The SMILES string of the molecule is NC(=O)c1cc(NC(=O)C2CSCN2C(=O)c2ccc(Cl)cc2)ccc1F. The first-order valence-electron chi connectivity index (χ1n) is 7.91. The van der Waals surface area contributed by atoms with Crippen molar-refractivity contribution in [2.45, 2.75) is 6.04 Å². The van der Waals surface area contributed by atoms with Crippen LogP contribution in [-0.4, -0.2) is 40.3 Å². The Kier molecular flexibility index (Phi) is 5.67. The van der Waals surface area contributed by atoms with Gasteiger partial charge in [0.2, 0.25) is 5.91 Å². The van der Waals surface area contributed by atoms with Crippen LogP contribution in [0.3, 0.4) is 0 Å². The molecular weight excluding hydrogens is 393 g/mol. The zero-order valence-electron chi connectivity index (χ0n) is 13.9. The number of carbonyl (C=O) groups excluding carboxylic acids is 3. The van der Waals surface area contributed by atoms with Crippen LogP contribution in [0.5, 0.6) is 0 Å². The van der Waals surface area contributed by atoms with Crippen molar-refractivity contribution in [2.75, 3.05) is 16.9 Å². The number of hydrogen-bond acceptors (Lipinski definition) is 4. The Labute approximate surface area is 163 Å². The number of carbonyl (C=O) groups is 3. The summed E-state index contributed by atoms with van der Waals surface area (Å²) in [4.78, 5) is 38.0. The van der Waals surface area contributed by atoms with Crippen LogP contribution in [-0.2, 0) is 4.79 Å². The van der Waals surface area contributed by atoms with Gasteiger partial charge in [-0.05, 0) is 42.5 Å². The molecule has 1 aliphatic rings. The Morgan fingerprint density at radius 3 is 2.56 bits per heavy atom. The number of hydrogen-bond donors (Lipinski definition) is 2. The zero-order chi connectivity index (χ0) is 19.6. The molecule has 1 fully saturated rings. The van der Waals surface area contributed by atoms with Crippen molar-refractivity contribution in [3.8, 4) is 0 Å². The van der Waals surface area contributed by atoms with Crippen LogP contribution in [0.25, 0.3) is 0 Å². The fourth-order valence-corrected chi connectivity index (χ4v) is 3.92. The molecule has 1 aliphatic heterocycles. The smallest absolute Gasteiger partial charge is 0.255 e. The number of rotatable bonds is 4. The van der Waals surface area contributed by atoms with Crippen molar-refractivity contribution in [2.24, 2.45) is 5.73 Å². The van der Waals surface area contributed by atoms with E-state index < -0.39 is 23.7 Å². The lowest BCUT2D eigenvalue weighted by Crippen LogP contribution is -2.44. The summed E-state index contributed by atoms with van der Waals surface area (Å²) in [6, 6.07) is 9.27. The number of nitrogens with one attached hydrogen (secondary N) is 1. The second-order valence-electron chi connectivity index (χ2n) is 5.85. The molecule has 27 heavy (non-hydrogen) atoms. The van der Waals surface area contributed by atoms with E-state index in [1.165, 1.54) is 28.8 Å². The molecule has 2 aromatic rings. The molecule has 1 heterocycles. The highest BCUT2D eigenvalue weighted by Crippen LogP contribution is 2.25. The van der Waals surface area contributed by atoms with Gasteiger partial charge in [0, 0.05) is 22.0 Å². The standard InChI is InChI=1S/C18H15ClFN3O3S/c19-11-3-1-10(2-4-11)18(26)23-9-27-8-15(23)17(25)22-12-5-6-14(20)13(7-12)16(21)24/h1-7,15H,8-9H2,(H2,21,24)(H,22,25). The highest BCUT2D eigenvalue weighted by atomic mass is 35.5. The van der Waals surface area contributed by atoms with Gasteiger partial charge in [-0.1, -0.05) is 11.6 Å². The van der Waals surface area contributed by atoms with Gasteiger partial charge in [0.25, 0.3) is 11.8 Å². The molecule has 140 valence electrons. The van der Waals surface area contributed by atoms with Gasteiger partial charge in [-0.2, -0.15) is 0 Å². The maximum atomic E-state index is 13.6. The molecule has 0 bridgehead atoms. The van der Waals surface area contributed by atoms with Crippen LogP contribution in [0.1, 0.15) is 20.7 Å². The first kappa shape index (κ1) is 19.2. The Morgan fingerprint density at radius 2 is 1.89 bits per heavy atom. The minimum atomic E-state index is -0.931. The Balaban J connectivity index is 1.76. The summed E-state index contributed by atoms with van der Waals surface area (Å²) in [5, 5.41) is 3.12. The highest BCUT2D eigenvalue weighted by molar-refractivity contribution is 7.99. The molecule has 0 aromatic heterocycles. The summed E-state index contributed by atoms with van der Waals surface area (Å²) in [7, 11) is 0. The summed E-state index contributed by atoms with van der Waals surface area (Å²) >= 11 is 7.29. The van der Waals surface area contributed by atoms with Gasteiger partial charge < -0.3 is 16.0 Å². The maximum absolute atomic E-state index is 13.6. The molecule has 1 saturated heterocycles. The topological polar surface area (TPSA) is 92.5 Å². The third-order valence-electron chi connectivity index (χ3n) is 4.04. The van der Waals surface area contributed by atoms with Crippen molar-refractivity contribution in [3.63, 3.8) is 0 Å². The summed E-state index contributed by atoms with van der Waals surface area (Å²) in [5.74, 6) is -1.61. The van der Waals surface area contributed by atoms with E-state index in [-0.39, 0.29) is 17.2 Å². The number of nitrogens with two attached hydrogens (primary N) is 1. The zero-order valence-corrected chi connectivity index (χ0v) is 15.5. The van der Waals surface area contributed by atoms with Crippen molar-refractivity contribution in [1.82, 2.24) is 4.90 Å². The first-order chi connectivity index (χ1) is 12.9. The van der Waals surface area contributed by atoms with Crippen molar-refractivity contribution in [1.29, 1.82) is 0 Å². The lowest BCUT2D eigenvalue weighted by molar-refractivity contribution is -0.119. The number of thioether (sulfide) groups is 1. The van der Waals surface area contributed by atoms with Crippen LogP contribution in [0.4, 0.5) is 10.1 Å². The largest absolute Gasteiger partial charge is 0.366 e. The Bertz CT molecular complexity index is 907. The molecule has 9 heteroatoms. The average molecular weight is 408 g/mol. The normalized spacial score (nSPS) is 16.2. The molecule has 1 atom stereocenters. The monoisotopic (exact) mass is 407 g/mol. The van der Waals surface area contributed by atoms with E-state index in [0.717, 1.165) is 6.07 Å². The van der Waals surface area contributed by atoms with Crippen LogP contribution >= 0.6 is 23.4 Å². The molecule has 2 aromatic carbocycles. The molecular formula is C18H15ClFN3O3S. The second kappa shape index (κ2) is 7.98. The van der Waals surface area contributed by atoms with E-state index >= 15 is 0 Å². The molecule has 3 N–H and O–H groups in total.